The third-order valence-electron chi connectivity index (χ3n) is 2.84. The topological polar surface area (TPSA) is 63.5 Å². The second-order valence-electron chi connectivity index (χ2n) is 4.71. The molecule has 1 rings (SSSR count). The zero-order valence-electron chi connectivity index (χ0n) is 11.9. The molecule has 0 aliphatic heterocycles. The molecule has 0 aromatic carbocycles. The van der Waals surface area contributed by atoms with Gasteiger partial charge in [-0.05, 0) is 32.4 Å². The van der Waals surface area contributed by atoms with Crippen LogP contribution in [0.25, 0.3) is 0 Å². The summed E-state index contributed by atoms with van der Waals surface area (Å²) in [7, 11) is 1.66. The van der Waals surface area contributed by atoms with Crippen molar-refractivity contribution in [2.24, 2.45) is 0 Å². The van der Waals surface area contributed by atoms with Crippen molar-refractivity contribution in [2.45, 2.75) is 38.8 Å². The van der Waals surface area contributed by atoms with Crippen LogP contribution in [-0.4, -0.2) is 38.3 Å². The summed E-state index contributed by atoms with van der Waals surface area (Å²) in [5.74, 6) is 0.940. The van der Waals surface area contributed by atoms with E-state index in [-0.39, 0.29) is 18.0 Å². The lowest BCUT2D eigenvalue weighted by atomic mass is 10.1. The first-order valence-electron chi connectivity index (χ1n) is 6.68. The van der Waals surface area contributed by atoms with Crippen LogP contribution < -0.4 is 10.6 Å². The number of carbonyl (C=O) groups is 1. The first kappa shape index (κ1) is 15.7. The summed E-state index contributed by atoms with van der Waals surface area (Å²) >= 11 is 0. The number of nitrogens with one attached hydrogen (secondary N) is 2. The molecule has 19 heavy (non-hydrogen) atoms. The van der Waals surface area contributed by atoms with E-state index in [4.69, 9.17) is 9.15 Å². The SMILES string of the molecule is COCCCNC(=O)C(C)NC(C)Cc1ccco1. The molecule has 108 valence electrons. The van der Waals surface area contributed by atoms with E-state index < -0.39 is 0 Å². The largest absolute Gasteiger partial charge is 0.469 e. The van der Waals surface area contributed by atoms with Crippen LogP contribution in [0.1, 0.15) is 26.0 Å². The van der Waals surface area contributed by atoms with Gasteiger partial charge in [0.05, 0.1) is 12.3 Å². The molecule has 5 nitrogen and oxygen atoms in total. The fraction of sp³-hybridized carbons (Fsp3) is 0.643. The van der Waals surface area contributed by atoms with E-state index in [1.54, 1.807) is 13.4 Å². The predicted molar refractivity (Wildman–Crippen MR) is 74.0 cm³/mol. The first-order chi connectivity index (χ1) is 9.13. The number of amides is 1. The highest BCUT2D eigenvalue weighted by Crippen LogP contribution is 2.04. The van der Waals surface area contributed by atoms with Crippen LogP contribution in [0.2, 0.25) is 0 Å². The predicted octanol–water partition coefficient (Wildman–Crippen LogP) is 1.34. The Labute approximate surface area is 114 Å². The van der Waals surface area contributed by atoms with Gasteiger partial charge < -0.3 is 19.8 Å². The molecule has 2 unspecified atom stereocenters. The van der Waals surface area contributed by atoms with Crippen molar-refractivity contribution in [3.8, 4) is 0 Å². The zero-order valence-corrected chi connectivity index (χ0v) is 11.9. The molecule has 0 fully saturated rings. The number of carbonyl (C=O) groups excluding carboxylic acids is 1. The smallest absolute Gasteiger partial charge is 0.236 e. The normalized spacial score (nSPS) is 14.1. The van der Waals surface area contributed by atoms with Gasteiger partial charge in [0.2, 0.25) is 5.91 Å². The molecule has 1 heterocycles. The van der Waals surface area contributed by atoms with E-state index in [1.165, 1.54) is 0 Å². The van der Waals surface area contributed by atoms with Crippen molar-refractivity contribution in [3.63, 3.8) is 0 Å². The first-order valence-corrected chi connectivity index (χ1v) is 6.68. The molecule has 0 saturated heterocycles. The number of ether oxygens (including phenoxy) is 1. The summed E-state index contributed by atoms with van der Waals surface area (Å²) in [6.07, 6.45) is 3.26. The quantitative estimate of drug-likeness (QED) is 0.663. The molecule has 1 aromatic heterocycles. The lowest BCUT2D eigenvalue weighted by Gasteiger charge is -2.18. The van der Waals surface area contributed by atoms with Gasteiger partial charge in [0.1, 0.15) is 5.76 Å². The Hall–Kier alpha value is -1.33. The van der Waals surface area contributed by atoms with Crippen molar-refractivity contribution in [2.75, 3.05) is 20.3 Å². The van der Waals surface area contributed by atoms with Gasteiger partial charge in [-0.15, -0.1) is 0 Å². The molecule has 0 radical (unpaired) electrons. The maximum absolute atomic E-state index is 11.8. The molecular formula is C14H24N2O3. The third kappa shape index (κ3) is 6.40. The minimum absolute atomic E-state index is 0.0161. The summed E-state index contributed by atoms with van der Waals surface area (Å²) in [6, 6.07) is 3.78. The van der Waals surface area contributed by atoms with E-state index in [2.05, 4.69) is 10.6 Å². The fourth-order valence-corrected chi connectivity index (χ4v) is 1.87. The monoisotopic (exact) mass is 268 g/mol. The van der Waals surface area contributed by atoms with Crippen LogP contribution >= 0.6 is 0 Å². The third-order valence-corrected chi connectivity index (χ3v) is 2.84. The van der Waals surface area contributed by atoms with Gasteiger partial charge in [0, 0.05) is 32.7 Å². The standard InChI is InChI=1S/C14H24N2O3/c1-11(10-13-6-4-9-19-13)16-12(2)14(17)15-7-5-8-18-3/h4,6,9,11-12,16H,5,7-8,10H2,1-3H3,(H,15,17). The fourth-order valence-electron chi connectivity index (χ4n) is 1.87. The van der Waals surface area contributed by atoms with Crippen LogP contribution in [-0.2, 0) is 16.0 Å². The Bertz CT molecular complexity index is 352. The maximum Gasteiger partial charge on any atom is 0.236 e. The molecule has 2 N–H and O–H groups in total. The van der Waals surface area contributed by atoms with E-state index in [9.17, 15) is 4.79 Å². The lowest BCUT2D eigenvalue weighted by molar-refractivity contribution is -0.122. The van der Waals surface area contributed by atoms with Crippen LogP contribution in [0.3, 0.4) is 0 Å². The maximum atomic E-state index is 11.8. The minimum atomic E-state index is -0.215. The lowest BCUT2D eigenvalue weighted by Crippen LogP contribution is -2.46. The molecular weight excluding hydrogens is 244 g/mol. The molecule has 1 aromatic rings. The van der Waals surface area contributed by atoms with Crippen LogP contribution in [0.15, 0.2) is 22.8 Å². The Kier molecular flexibility index (Phi) is 7.22. The van der Waals surface area contributed by atoms with Gasteiger partial charge in [0.15, 0.2) is 0 Å². The minimum Gasteiger partial charge on any atom is -0.469 e. The summed E-state index contributed by atoms with van der Waals surface area (Å²) in [5, 5.41) is 6.13. The van der Waals surface area contributed by atoms with Gasteiger partial charge in [-0.1, -0.05) is 0 Å². The van der Waals surface area contributed by atoms with Crippen molar-refractivity contribution in [1.29, 1.82) is 0 Å². The Morgan fingerprint density at radius 1 is 1.47 bits per heavy atom. The van der Waals surface area contributed by atoms with Crippen LogP contribution in [0, 0.1) is 0 Å². The highest BCUT2D eigenvalue weighted by molar-refractivity contribution is 5.81. The van der Waals surface area contributed by atoms with E-state index in [1.807, 2.05) is 26.0 Å². The van der Waals surface area contributed by atoms with Gasteiger partial charge in [-0.3, -0.25) is 4.79 Å². The van der Waals surface area contributed by atoms with Crippen LogP contribution in [0.5, 0.6) is 0 Å². The molecule has 0 saturated carbocycles. The molecule has 0 aliphatic rings. The molecule has 1 amide bonds. The van der Waals surface area contributed by atoms with Crippen molar-refractivity contribution < 1.29 is 13.9 Å². The summed E-state index contributed by atoms with van der Waals surface area (Å²) < 4.78 is 10.2. The van der Waals surface area contributed by atoms with Crippen molar-refractivity contribution >= 4 is 5.91 Å². The van der Waals surface area contributed by atoms with Crippen molar-refractivity contribution in [1.82, 2.24) is 10.6 Å². The molecule has 2 atom stereocenters. The zero-order chi connectivity index (χ0) is 14.1. The number of hydrogen-bond acceptors (Lipinski definition) is 4. The average Bonchev–Trinajstić information content (AvgIpc) is 2.86. The summed E-state index contributed by atoms with van der Waals surface area (Å²) in [6.45, 7) is 5.21. The highest BCUT2D eigenvalue weighted by atomic mass is 16.5. The average molecular weight is 268 g/mol. The van der Waals surface area contributed by atoms with Crippen molar-refractivity contribution in [3.05, 3.63) is 24.2 Å². The molecule has 0 aliphatic carbocycles. The Morgan fingerprint density at radius 2 is 2.26 bits per heavy atom. The Balaban J connectivity index is 2.21. The number of furan rings is 1. The molecule has 0 spiro atoms. The van der Waals surface area contributed by atoms with Gasteiger partial charge in [0.25, 0.3) is 0 Å². The van der Waals surface area contributed by atoms with Gasteiger partial charge in [-0.25, -0.2) is 0 Å². The Morgan fingerprint density at radius 3 is 2.89 bits per heavy atom. The number of rotatable bonds is 9. The summed E-state index contributed by atoms with van der Waals surface area (Å²) in [4.78, 5) is 11.8. The number of hydrogen-bond donors (Lipinski definition) is 2. The second kappa shape index (κ2) is 8.72. The van der Waals surface area contributed by atoms with E-state index in [0.717, 1.165) is 18.6 Å². The van der Waals surface area contributed by atoms with Crippen LogP contribution in [0.4, 0.5) is 0 Å². The summed E-state index contributed by atoms with van der Waals surface area (Å²) in [5.41, 5.74) is 0. The van der Waals surface area contributed by atoms with Gasteiger partial charge >= 0.3 is 0 Å². The molecule has 5 heteroatoms. The highest BCUT2D eigenvalue weighted by Gasteiger charge is 2.15. The molecule has 0 bridgehead atoms. The number of methoxy groups -OCH3 is 1. The van der Waals surface area contributed by atoms with Gasteiger partial charge in [-0.2, -0.15) is 0 Å². The van der Waals surface area contributed by atoms with E-state index >= 15 is 0 Å². The van der Waals surface area contributed by atoms with E-state index in [0.29, 0.717) is 13.2 Å². The second-order valence-corrected chi connectivity index (χ2v) is 4.71.